The molecule has 2 aliphatic heterocycles. The number of hydrogen-bond donors (Lipinski definition) is 5. The van der Waals surface area contributed by atoms with E-state index in [4.69, 9.17) is 14.8 Å². The van der Waals surface area contributed by atoms with Crippen LogP contribution in [0.5, 0.6) is 5.75 Å². The summed E-state index contributed by atoms with van der Waals surface area (Å²) >= 11 is 3.59. The molecular formula is C42H54BrN12O4P. The Hall–Kier alpha value is -4.96. The quantitative estimate of drug-likeness (QED) is 0.0462. The third kappa shape index (κ3) is 9.64. The second-order valence-corrected chi connectivity index (χ2v) is 19.7. The number of imide groups is 1. The van der Waals surface area contributed by atoms with Crippen LogP contribution in [0.25, 0.3) is 11.0 Å². The van der Waals surface area contributed by atoms with Gasteiger partial charge < -0.3 is 35.5 Å². The average Bonchev–Trinajstić information content (AvgIpc) is 3.51. The molecule has 0 bridgehead atoms. The van der Waals surface area contributed by atoms with E-state index in [1.165, 1.54) is 11.3 Å². The number of carbonyl (C=O) groups is 2. The number of fused-ring (bicyclic) bond motifs is 1. The molecule has 2 aliphatic rings. The van der Waals surface area contributed by atoms with Crippen LogP contribution in [-0.2, 0) is 27.1 Å². The lowest BCUT2D eigenvalue weighted by Crippen LogP contribution is -2.44. The molecule has 18 heteroatoms. The Labute approximate surface area is 359 Å². The standard InChI is InChI=1S/C42H54BrN12O4P/c1-7-27-22-33(50-42-48-24-30(43)40(52-42)49-32-10-9-31-38(47-17-16-46-31)39(32)60(5,6)58)35(59-4)23-34(27)54-19-12-28(13-20-54)45-15-14-44-18-21-55-26(3)37(25(2)53-55)29-8-11-36(56)51-41(29)57/h9-10,16-17,22-24,28-29,44-45H,7-8,11-15,18-21H2,1-6H3,(H,51,56,57)(H2,48,49,50,52). The van der Waals surface area contributed by atoms with Gasteiger partial charge in [0.2, 0.25) is 17.8 Å². The number of benzene rings is 2. The highest BCUT2D eigenvalue weighted by Crippen LogP contribution is 2.42. The minimum atomic E-state index is -2.77. The Morgan fingerprint density at radius 2 is 1.77 bits per heavy atom. The molecular weight excluding hydrogens is 847 g/mol. The van der Waals surface area contributed by atoms with Crippen molar-refractivity contribution < 1.29 is 18.9 Å². The van der Waals surface area contributed by atoms with Crippen LogP contribution in [-0.4, -0.2) is 101 Å². The number of aryl methyl sites for hydroxylation is 2. The van der Waals surface area contributed by atoms with E-state index in [1.807, 2.05) is 30.7 Å². The molecule has 3 aromatic heterocycles. The topological polar surface area (TPSA) is 193 Å². The summed E-state index contributed by atoms with van der Waals surface area (Å²) in [5.74, 6) is 0.819. The van der Waals surface area contributed by atoms with E-state index in [2.05, 4.69) is 81.4 Å². The number of anilines is 5. The second-order valence-electron chi connectivity index (χ2n) is 15.7. The zero-order valence-electron chi connectivity index (χ0n) is 35.1. The van der Waals surface area contributed by atoms with Gasteiger partial charge in [0.05, 0.1) is 51.9 Å². The lowest BCUT2D eigenvalue weighted by molar-refractivity contribution is -0.134. The maximum Gasteiger partial charge on any atom is 0.234 e. The van der Waals surface area contributed by atoms with Crippen molar-refractivity contribution >= 4 is 80.1 Å². The predicted molar refractivity (Wildman–Crippen MR) is 240 cm³/mol. The fraction of sp³-hybridized carbons (Fsp3) is 0.452. The van der Waals surface area contributed by atoms with Crippen LogP contribution in [0, 0.1) is 13.8 Å². The van der Waals surface area contributed by atoms with Gasteiger partial charge in [0.1, 0.15) is 24.2 Å². The van der Waals surface area contributed by atoms with Crippen molar-refractivity contribution in [2.75, 3.05) is 68.7 Å². The van der Waals surface area contributed by atoms with Crippen molar-refractivity contribution in [2.24, 2.45) is 0 Å². The molecule has 7 rings (SSSR count). The van der Waals surface area contributed by atoms with E-state index in [0.29, 0.717) is 69.4 Å². The van der Waals surface area contributed by atoms with Gasteiger partial charge in [0, 0.05) is 86.8 Å². The maximum absolute atomic E-state index is 13.5. The summed E-state index contributed by atoms with van der Waals surface area (Å²) in [5.41, 5.74) is 7.81. The summed E-state index contributed by atoms with van der Waals surface area (Å²) in [6.45, 7) is 14.6. The average molecular weight is 902 g/mol. The lowest BCUT2D eigenvalue weighted by atomic mass is 9.89. The van der Waals surface area contributed by atoms with Gasteiger partial charge in [-0.15, -0.1) is 0 Å². The minimum absolute atomic E-state index is 0.204. The van der Waals surface area contributed by atoms with Crippen molar-refractivity contribution in [1.29, 1.82) is 0 Å². The van der Waals surface area contributed by atoms with E-state index < -0.39 is 7.14 Å². The number of amides is 2. The fourth-order valence-electron chi connectivity index (χ4n) is 8.29. The summed E-state index contributed by atoms with van der Waals surface area (Å²) in [6, 6.07) is 8.37. The number of aromatic nitrogens is 6. The van der Waals surface area contributed by atoms with Crippen molar-refractivity contribution in [2.45, 2.75) is 71.4 Å². The molecule has 60 heavy (non-hydrogen) atoms. The Morgan fingerprint density at radius 1 is 0.983 bits per heavy atom. The fourth-order valence-corrected chi connectivity index (χ4v) is 9.97. The molecule has 2 aromatic carbocycles. The summed E-state index contributed by atoms with van der Waals surface area (Å²) in [5, 5.41) is 21.8. The predicted octanol–water partition coefficient (Wildman–Crippen LogP) is 5.67. The number of nitrogens with one attached hydrogen (secondary N) is 5. The molecule has 0 aliphatic carbocycles. The zero-order valence-corrected chi connectivity index (χ0v) is 37.5. The molecule has 1 unspecified atom stereocenters. The third-order valence-electron chi connectivity index (χ3n) is 11.3. The highest BCUT2D eigenvalue weighted by molar-refractivity contribution is 9.10. The molecule has 0 radical (unpaired) electrons. The molecule has 5 aromatic rings. The van der Waals surface area contributed by atoms with Gasteiger partial charge in [-0.05, 0) is 92.6 Å². The summed E-state index contributed by atoms with van der Waals surface area (Å²) in [6.07, 6.45) is 8.69. The zero-order chi connectivity index (χ0) is 42.6. The van der Waals surface area contributed by atoms with Gasteiger partial charge >= 0.3 is 0 Å². The van der Waals surface area contributed by atoms with Gasteiger partial charge in [-0.25, -0.2) is 4.98 Å². The van der Waals surface area contributed by atoms with Crippen LogP contribution < -0.4 is 41.5 Å². The maximum atomic E-state index is 13.5. The number of hydrogen-bond acceptors (Lipinski definition) is 14. The minimum Gasteiger partial charge on any atom is -0.494 e. The van der Waals surface area contributed by atoms with E-state index >= 15 is 0 Å². The highest BCUT2D eigenvalue weighted by atomic mass is 79.9. The van der Waals surface area contributed by atoms with Crippen molar-refractivity contribution in [3.8, 4) is 5.75 Å². The SMILES string of the molecule is CCc1cc(Nc2ncc(Br)c(Nc3ccc4nccnc4c3P(C)(C)=O)n2)c(OC)cc1N1CCC(NCCNCCn2nc(C)c(C3CCC(=O)NC3=O)c2C)CC1. The van der Waals surface area contributed by atoms with Crippen LogP contribution in [0.2, 0.25) is 0 Å². The molecule has 1 atom stereocenters. The van der Waals surface area contributed by atoms with Crippen LogP contribution in [0.3, 0.4) is 0 Å². The van der Waals surface area contributed by atoms with Crippen LogP contribution in [0.1, 0.15) is 61.0 Å². The third-order valence-corrected chi connectivity index (χ3v) is 13.4. The molecule has 0 saturated carbocycles. The Balaban J connectivity index is 0.924. The lowest BCUT2D eigenvalue weighted by Gasteiger charge is -2.35. The monoisotopic (exact) mass is 900 g/mol. The van der Waals surface area contributed by atoms with E-state index in [0.717, 1.165) is 74.6 Å². The highest BCUT2D eigenvalue weighted by Gasteiger charge is 2.32. The van der Waals surface area contributed by atoms with Gasteiger partial charge in [-0.1, -0.05) is 6.92 Å². The number of piperidine rings is 2. The molecule has 5 heterocycles. The van der Waals surface area contributed by atoms with Crippen LogP contribution in [0.4, 0.5) is 28.8 Å². The second kappa shape index (κ2) is 18.8. The van der Waals surface area contributed by atoms with E-state index in [1.54, 1.807) is 39.0 Å². The number of ether oxygens (including phenoxy) is 1. The molecule has 0 spiro atoms. The Kier molecular flexibility index (Phi) is 13.5. The first-order valence-electron chi connectivity index (χ1n) is 20.5. The first kappa shape index (κ1) is 43.1. The summed E-state index contributed by atoms with van der Waals surface area (Å²) in [7, 11) is -1.10. The summed E-state index contributed by atoms with van der Waals surface area (Å²) in [4.78, 5) is 44.8. The van der Waals surface area contributed by atoms with Crippen molar-refractivity contribution in [3.05, 3.63) is 69.8 Å². The molecule has 5 N–H and O–H groups in total. The number of rotatable bonds is 16. The van der Waals surface area contributed by atoms with Gasteiger partial charge in [0.15, 0.2) is 0 Å². The molecule has 2 fully saturated rings. The van der Waals surface area contributed by atoms with Crippen molar-refractivity contribution in [3.63, 3.8) is 0 Å². The molecule has 16 nitrogen and oxygen atoms in total. The number of halogens is 1. The molecule has 2 saturated heterocycles. The van der Waals surface area contributed by atoms with Crippen molar-refractivity contribution in [1.82, 2.24) is 45.7 Å². The molecule has 2 amide bonds. The van der Waals surface area contributed by atoms with E-state index in [-0.39, 0.29) is 17.7 Å². The largest absolute Gasteiger partial charge is 0.494 e. The first-order valence-corrected chi connectivity index (χ1v) is 23.9. The molecule has 318 valence electrons. The van der Waals surface area contributed by atoms with Crippen LogP contribution in [0.15, 0.2) is 47.3 Å². The Bertz CT molecular complexity index is 2430. The van der Waals surface area contributed by atoms with Gasteiger partial charge in [-0.2, -0.15) is 10.1 Å². The van der Waals surface area contributed by atoms with Gasteiger partial charge in [0.25, 0.3) is 0 Å². The number of methoxy groups -OCH3 is 1. The first-order chi connectivity index (χ1) is 28.8. The van der Waals surface area contributed by atoms with Gasteiger partial charge in [-0.3, -0.25) is 29.6 Å². The van der Waals surface area contributed by atoms with E-state index in [9.17, 15) is 14.2 Å². The number of carbonyl (C=O) groups excluding carboxylic acids is 2. The van der Waals surface area contributed by atoms with Crippen LogP contribution >= 0.6 is 23.1 Å². The summed E-state index contributed by atoms with van der Waals surface area (Å²) < 4.78 is 22.0. The number of nitrogens with zero attached hydrogens (tertiary/aromatic N) is 7. The normalized spacial score (nSPS) is 16.3. The smallest absolute Gasteiger partial charge is 0.234 e. The Morgan fingerprint density at radius 3 is 2.50 bits per heavy atom.